The van der Waals surface area contributed by atoms with Crippen LogP contribution in [0.2, 0.25) is 0 Å². The van der Waals surface area contributed by atoms with Crippen LogP contribution in [0.5, 0.6) is 0 Å². The molecule has 1 aromatic rings. The van der Waals surface area contributed by atoms with Crippen molar-refractivity contribution in [3.8, 4) is 0 Å². The van der Waals surface area contributed by atoms with Crippen LogP contribution < -0.4 is 11.1 Å². The molecule has 0 saturated carbocycles. The van der Waals surface area contributed by atoms with Gasteiger partial charge < -0.3 is 16.0 Å². The summed E-state index contributed by atoms with van der Waals surface area (Å²) in [5.41, 5.74) is 4.36. The summed E-state index contributed by atoms with van der Waals surface area (Å²) >= 11 is 0. The molecule has 1 aliphatic heterocycles. The molecule has 1 saturated heterocycles. The Morgan fingerprint density at radius 1 is 1.25 bits per heavy atom. The number of carbonyl (C=O) groups is 2. The highest BCUT2D eigenvalue weighted by atomic mass is 19.4. The summed E-state index contributed by atoms with van der Waals surface area (Å²) in [7, 11) is 0. The number of likely N-dealkylation sites (tertiary alicyclic amines) is 1. The molecule has 196 valence electrons. The Bertz CT molecular complexity index is 1060. The standard InChI is InChI=1S/C24H28F5N5O2/c1-5-19(30)18(24(27,28)29)10-14(2)22(36)33-15(3)11-20(35)34-8-6-16(7-9-34)21-31-12-17(13-32-21)23(4,25)26/h10,12-13,15-16H,1-2,6-9,11,30H2,3-4H3,(H,33,36)/b18-10+. The minimum atomic E-state index is -4.83. The van der Waals surface area contributed by atoms with E-state index in [-0.39, 0.29) is 23.8 Å². The van der Waals surface area contributed by atoms with Gasteiger partial charge in [0.1, 0.15) is 5.82 Å². The number of piperidine rings is 1. The van der Waals surface area contributed by atoms with Crippen molar-refractivity contribution in [1.82, 2.24) is 20.2 Å². The molecule has 0 radical (unpaired) electrons. The molecule has 12 heteroatoms. The summed E-state index contributed by atoms with van der Waals surface area (Å²) in [5.74, 6) is -3.81. The first-order valence-corrected chi connectivity index (χ1v) is 11.1. The molecule has 3 N–H and O–H groups in total. The van der Waals surface area contributed by atoms with Gasteiger partial charge >= 0.3 is 6.18 Å². The zero-order valence-corrected chi connectivity index (χ0v) is 20.0. The molecule has 1 aliphatic rings. The summed E-state index contributed by atoms with van der Waals surface area (Å²) in [5, 5.41) is 2.45. The molecule has 0 spiro atoms. The van der Waals surface area contributed by atoms with Crippen molar-refractivity contribution in [2.75, 3.05) is 13.1 Å². The zero-order valence-electron chi connectivity index (χ0n) is 20.0. The molecule has 0 aliphatic carbocycles. The van der Waals surface area contributed by atoms with Gasteiger partial charge in [-0.25, -0.2) is 18.7 Å². The summed E-state index contributed by atoms with van der Waals surface area (Å²) in [6, 6.07) is -0.680. The zero-order chi connectivity index (χ0) is 27.3. The van der Waals surface area contributed by atoms with Crippen LogP contribution in [0.3, 0.4) is 0 Å². The molecule has 1 fully saturated rings. The number of nitrogens with zero attached hydrogens (tertiary/aromatic N) is 3. The Morgan fingerprint density at radius 2 is 1.81 bits per heavy atom. The van der Waals surface area contributed by atoms with E-state index in [1.54, 1.807) is 11.8 Å². The fourth-order valence-electron chi connectivity index (χ4n) is 3.57. The Balaban J connectivity index is 1.89. The van der Waals surface area contributed by atoms with Crippen molar-refractivity contribution in [3.05, 3.63) is 65.6 Å². The second-order valence-electron chi connectivity index (χ2n) is 8.62. The van der Waals surface area contributed by atoms with Gasteiger partial charge in [-0.1, -0.05) is 13.2 Å². The van der Waals surface area contributed by atoms with Gasteiger partial charge in [-0.2, -0.15) is 13.2 Å². The summed E-state index contributed by atoms with van der Waals surface area (Å²) < 4.78 is 66.0. The van der Waals surface area contributed by atoms with Gasteiger partial charge in [0.2, 0.25) is 5.91 Å². The van der Waals surface area contributed by atoms with Crippen molar-refractivity contribution in [2.45, 2.75) is 57.2 Å². The van der Waals surface area contributed by atoms with Crippen molar-refractivity contribution < 1.29 is 31.5 Å². The minimum absolute atomic E-state index is 0.0784. The number of alkyl halides is 5. The van der Waals surface area contributed by atoms with Gasteiger partial charge in [0.05, 0.1) is 16.8 Å². The number of nitrogens with one attached hydrogen (secondary N) is 1. The number of nitrogens with two attached hydrogens (primary N) is 1. The normalized spacial score (nSPS) is 16.2. The molecule has 1 unspecified atom stereocenters. The second kappa shape index (κ2) is 11.5. The fourth-order valence-corrected chi connectivity index (χ4v) is 3.57. The molecule has 0 bridgehead atoms. The van der Waals surface area contributed by atoms with Gasteiger partial charge in [-0.15, -0.1) is 5.73 Å². The average Bonchev–Trinajstić information content (AvgIpc) is 2.80. The molecule has 36 heavy (non-hydrogen) atoms. The Morgan fingerprint density at radius 3 is 2.28 bits per heavy atom. The van der Waals surface area contributed by atoms with E-state index in [9.17, 15) is 31.5 Å². The predicted octanol–water partition coefficient (Wildman–Crippen LogP) is 3.86. The first-order chi connectivity index (χ1) is 16.6. The topological polar surface area (TPSA) is 101 Å². The van der Waals surface area contributed by atoms with Crippen molar-refractivity contribution in [2.24, 2.45) is 5.73 Å². The number of carbonyl (C=O) groups excluding carboxylic acids is 2. The predicted molar refractivity (Wildman–Crippen MR) is 122 cm³/mol. The summed E-state index contributed by atoms with van der Waals surface area (Å²) in [4.78, 5) is 34.6. The van der Waals surface area contributed by atoms with Crippen LogP contribution in [-0.2, 0) is 15.5 Å². The van der Waals surface area contributed by atoms with Crippen LogP contribution in [-0.4, -0.2) is 52.0 Å². The first kappa shape index (κ1) is 28.7. The number of aromatic nitrogens is 2. The molecule has 2 amide bonds. The van der Waals surface area contributed by atoms with E-state index in [1.165, 1.54) is 0 Å². The van der Waals surface area contributed by atoms with Crippen molar-refractivity contribution >= 4 is 11.8 Å². The molecule has 7 nitrogen and oxygen atoms in total. The fraction of sp³-hybridized carbons (Fsp3) is 0.458. The number of hydrogen-bond donors (Lipinski definition) is 2. The molecular weight excluding hydrogens is 485 g/mol. The maximum absolute atomic E-state index is 13.3. The number of allylic oxidation sites excluding steroid dienone is 1. The lowest BCUT2D eigenvalue weighted by molar-refractivity contribution is -0.132. The molecule has 2 heterocycles. The smallest absolute Gasteiger partial charge is 0.392 e. The summed E-state index contributed by atoms with van der Waals surface area (Å²) in [6.45, 7) is 9.50. The maximum Gasteiger partial charge on any atom is 0.419 e. The van der Waals surface area contributed by atoms with Crippen LogP contribution in [0, 0.1) is 0 Å². The van der Waals surface area contributed by atoms with E-state index in [0.717, 1.165) is 19.3 Å². The highest BCUT2D eigenvalue weighted by molar-refractivity contribution is 5.96. The number of hydrogen-bond acceptors (Lipinski definition) is 5. The largest absolute Gasteiger partial charge is 0.419 e. The molecular formula is C24H28F5N5O2. The number of amides is 2. The van der Waals surface area contributed by atoms with Crippen molar-refractivity contribution in [1.29, 1.82) is 0 Å². The molecule has 2 rings (SSSR count). The van der Waals surface area contributed by atoms with Crippen LogP contribution in [0.15, 0.2) is 54.2 Å². The highest BCUT2D eigenvalue weighted by Gasteiger charge is 2.36. The van der Waals surface area contributed by atoms with Crippen LogP contribution in [0.25, 0.3) is 0 Å². The quantitative estimate of drug-likeness (QED) is 0.238. The van der Waals surface area contributed by atoms with E-state index >= 15 is 0 Å². The van der Waals surface area contributed by atoms with E-state index < -0.39 is 40.9 Å². The molecule has 1 atom stereocenters. The second-order valence-corrected chi connectivity index (χ2v) is 8.62. The third-order valence-electron chi connectivity index (χ3n) is 5.65. The lowest BCUT2D eigenvalue weighted by Crippen LogP contribution is -2.42. The van der Waals surface area contributed by atoms with Crippen LogP contribution in [0.1, 0.15) is 50.4 Å². The Kier molecular flexibility index (Phi) is 9.15. The monoisotopic (exact) mass is 513 g/mol. The van der Waals surface area contributed by atoms with Crippen molar-refractivity contribution in [3.63, 3.8) is 0 Å². The van der Waals surface area contributed by atoms with Gasteiger partial charge in [-0.05, 0) is 25.8 Å². The van der Waals surface area contributed by atoms with E-state index in [0.29, 0.717) is 37.8 Å². The van der Waals surface area contributed by atoms with Gasteiger partial charge in [0, 0.05) is 56.4 Å². The Hall–Kier alpha value is -3.53. The SMILES string of the molecule is C=C=C(N)/C(=C\C(=C)C(=O)NC(C)CC(=O)N1CCC(c2ncc(C(C)(F)F)cn2)CC1)C(F)(F)F. The maximum atomic E-state index is 13.3. The van der Waals surface area contributed by atoms with E-state index in [2.05, 4.69) is 28.4 Å². The van der Waals surface area contributed by atoms with E-state index in [4.69, 9.17) is 5.73 Å². The van der Waals surface area contributed by atoms with Crippen LogP contribution in [0.4, 0.5) is 22.0 Å². The number of halogens is 5. The third kappa shape index (κ3) is 7.74. The minimum Gasteiger partial charge on any atom is -0.392 e. The van der Waals surface area contributed by atoms with Crippen LogP contribution >= 0.6 is 0 Å². The highest BCUT2D eigenvalue weighted by Crippen LogP contribution is 2.30. The van der Waals surface area contributed by atoms with Gasteiger partial charge in [0.25, 0.3) is 11.8 Å². The lowest BCUT2D eigenvalue weighted by Gasteiger charge is -2.32. The average molecular weight is 514 g/mol. The van der Waals surface area contributed by atoms with Gasteiger partial charge in [-0.3, -0.25) is 9.59 Å². The molecule has 1 aromatic heterocycles. The van der Waals surface area contributed by atoms with Gasteiger partial charge in [0.15, 0.2) is 0 Å². The summed E-state index contributed by atoms with van der Waals surface area (Å²) in [6.07, 6.45) is -1.13. The number of rotatable bonds is 8. The molecule has 0 aromatic carbocycles. The first-order valence-electron chi connectivity index (χ1n) is 11.1. The van der Waals surface area contributed by atoms with E-state index in [1.807, 2.05) is 5.73 Å². The Labute approximate surface area is 205 Å². The lowest BCUT2D eigenvalue weighted by atomic mass is 9.95. The third-order valence-corrected chi connectivity index (χ3v) is 5.65.